The van der Waals surface area contributed by atoms with Crippen LogP contribution in [-0.4, -0.2) is 28.5 Å². The average molecular weight is 356 g/mol. The number of aromatic nitrogens is 1. The standard InChI is InChI=1S/C18H14ClN3O3/c19-12-6-7-15-11(8-12)9-14(18(24)25)17(21-15)22(10-16(20)23)13-4-2-1-3-5-13/h1-9H,10H2,(H2,20,23)(H,24,25). The first-order valence-electron chi connectivity index (χ1n) is 7.40. The van der Waals surface area contributed by atoms with Crippen molar-refractivity contribution in [2.24, 2.45) is 5.73 Å². The first-order chi connectivity index (χ1) is 12.0. The van der Waals surface area contributed by atoms with Crippen LogP contribution in [-0.2, 0) is 4.79 Å². The molecule has 0 saturated heterocycles. The molecule has 2 aromatic carbocycles. The fraction of sp³-hybridized carbons (Fsp3) is 0.0556. The molecule has 0 unspecified atom stereocenters. The molecule has 0 fully saturated rings. The molecule has 126 valence electrons. The van der Waals surface area contributed by atoms with E-state index in [0.717, 1.165) is 0 Å². The summed E-state index contributed by atoms with van der Waals surface area (Å²) < 4.78 is 0. The van der Waals surface area contributed by atoms with E-state index in [-0.39, 0.29) is 17.9 Å². The number of anilines is 2. The van der Waals surface area contributed by atoms with Crippen LogP contribution in [0, 0.1) is 0 Å². The SMILES string of the molecule is NC(=O)CN(c1ccccc1)c1nc2ccc(Cl)cc2cc1C(=O)O. The number of hydrogen-bond donors (Lipinski definition) is 2. The molecule has 7 heteroatoms. The van der Waals surface area contributed by atoms with Crippen molar-refractivity contribution in [1.82, 2.24) is 4.98 Å². The van der Waals surface area contributed by atoms with Crippen LogP contribution < -0.4 is 10.6 Å². The molecule has 1 aromatic heterocycles. The minimum absolute atomic E-state index is 0.0418. The molecule has 1 heterocycles. The second-order valence-corrected chi connectivity index (χ2v) is 5.83. The van der Waals surface area contributed by atoms with Gasteiger partial charge in [0.15, 0.2) is 0 Å². The van der Waals surface area contributed by atoms with E-state index in [0.29, 0.717) is 21.6 Å². The van der Waals surface area contributed by atoms with Gasteiger partial charge >= 0.3 is 5.97 Å². The Bertz CT molecular complexity index is 960. The van der Waals surface area contributed by atoms with Crippen LogP contribution in [0.25, 0.3) is 10.9 Å². The predicted octanol–water partition coefficient (Wildman–Crippen LogP) is 3.21. The number of carbonyl (C=O) groups is 2. The Balaban J connectivity index is 2.25. The number of pyridine rings is 1. The van der Waals surface area contributed by atoms with E-state index < -0.39 is 11.9 Å². The van der Waals surface area contributed by atoms with E-state index in [1.54, 1.807) is 42.5 Å². The molecule has 0 aliphatic heterocycles. The van der Waals surface area contributed by atoms with Crippen LogP contribution in [0.15, 0.2) is 54.6 Å². The number of fused-ring (bicyclic) bond motifs is 1. The Hall–Kier alpha value is -3.12. The molecule has 25 heavy (non-hydrogen) atoms. The Labute approximate surface area is 148 Å². The number of carbonyl (C=O) groups excluding carboxylic acids is 1. The van der Waals surface area contributed by atoms with Gasteiger partial charge in [-0.1, -0.05) is 29.8 Å². The Kier molecular flexibility index (Phi) is 4.54. The van der Waals surface area contributed by atoms with Gasteiger partial charge in [0, 0.05) is 16.1 Å². The third-order valence-electron chi connectivity index (χ3n) is 3.62. The zero-order chi connectivity index (χ0) is 18.0. The van der Waals surface area contributed by atoms with Crippen LogP contribution in [0.5, 0.6) is 0 Å². The van der Waals surface area contributed by atoms with Crippen molar-refractivity contribution in [3.05, 3.63) is 65.2 Å². The molecule has 0 atom stereocenters. The van der Waals surface area contributed by atoms with Crippen molar-refractivity contribution in [3.63, 3.8) is 0 Å². The molecule has 1 amide bonds. The minimum Gasteiger partial charge on any atom is -0.478 e. The second-order valence-electron chi connectivity index (χ2n) is 5.39. The van der Waals surface area contributed by atoms with E-state index in [1.165, 1.54) is 11.0 Å². The molecule has 3 N–H and O–H groups in total. The van der Waals surface area contributed by atoms with Gasteiger partial charge in [-0.05, 0) is 36.4 Å². The van der Waals surface area contributed by atoms with Crippen molar-refractivity contribution in [1.29, 1.82) is 0 Å². The number of rotatable bonds is 5. The molecule has 3 rings (SSSR count). The number of aromatic carboxylic acids is 1. The number of halogens is 1. The topological polar surface area (TPSA) is 96.5 Å². The minimum atomic E-state index is -1.16. The lowest BCUT2D eigenvalue weighted by atomic mass is 10.1. The number of carboxylic acids is 1. The van der Waals surface area contributed by atoms with Gasteiger partial charge in [-0.3, -0.25) is 4.79 Å². The summed E-state index contributed by atoms with van der Waals surface area (Å²) >= 11 is 5.97. The Morgan fingerprint density at radius 3 is 2.48 bits per heavy atom. The maximum absolute atomic E-state index is 11.8. The lowest BCUT2D eigenvalue weighted by Gasteiger charge is -2.24. The van der Waals surface area contributed by atoms with Gasteiger partial charge in [-0.15, -0.1) is 0 Å². The maximum Gasteiger partial charge on any atom is 0.339 e. The second kappa shape index (κ2) is 6.78. The molecule has 0 aliphatic carbocycles. The van der Waals surface area contributed by atoms with Crippen LogP contribution in [0.2, 0.25) is 5.02 Å². The molecule has 6 nitrogen and oxygen atoms in total. The smallest absolute Gasteiger partial charge is 0.339 e. The number of benzene rings is 2. The van der Waals surface area contributed by atoms with Crippen molar-refractivity contribution in [2.75, 3.05) is 11.4 Å². The summed E-state index contributed by atoms with van der Waals surface area (Å²) in [5.74, 6) is -1.61. The van der Waals surface area contributed by atoms with Crippen molar-refractivity contribution in [2.45, 2.75) is 0 Å². The van der Waals surface area contributed by atoms with Crippen LogP contribution in [0.3, 0.4) is 0 Å². The Morgan fingerprint density at radius 1 is 1.12 bits per heavy atom. The lowest BCUT2D eigenvalue weighted by molar-refractivity contribution is -0.116. The summed E-state index contributed by atoms with van der Waals surface area (Å²) in [5.41, 5.74) is 6.49. The maximum atomic E-state index is 11.8. The summed E-state index contributed by atoms with van der Waals surface area (Å²) in [6, 6.07) is 15.4. The fourth-order valence-corrected chi connectivity index (χ4v) is 2.73. The average Bonchev–Trinajstić information content (AvgIpc) is 2.59. The highest BCUT2D eigenvalue weighted by atomic mass is 35.5. The van der Waals surface area contributed by atoms with E-state index >= 15 is 0 Å². The highest BCUT2D eigenvalue weighted by Gasteiger charge is 2.22. The van der Waals surface area contributed by atoms with Crippen LogP contribution in [0.4, 0.5) is 11.5 Å². The highest BCUT2D eigenvalue weighted by molar-refractivity contribution is 6.31. The number of para-hydroxylation sites is 1. The van der Waals surface area contributed by atoms with Crippen molar-refractivity contribution >= 4 is 45.9 Å². The van der Waals surface area contributed by atoms with Gasteiger partial charge < -0.3 is 15.7 Å². The van der Waals surface area contributed by atoms with Gasteiger partial charge in [-0.2, -0.15) is 0 Å². The molecular formula is C18H14ClN3O3. The van der Waals surface area contributed by atoms with E-state index in [9.17, 15) is 14.7 Å². The number of nitrogens with zero attached hydrogens (tertiary/aromatic N) is 2. The number of primary amides is 1. The molecule has 0 radical (unpaired) electrons. The quantitative estimate of drug-likeness (QED) is 0.732. The zero-order valence-electron chi connectivity index (χ0n) is 13.0. The Morgan fingerprint density at radius 2 is 1.84 bits per heavy atom. The van der Waals surface area contributed by atoms with Crippen molar-refractivity contribution < 1.29 is 14.7 Å². The van der Waals surface area contributed by atoms with Crippen molar-refractivity contribution in [3.8, 4) is 0 Å². The molecule has 0 bridgehead atoms. The fourth-order valence-electron chi connectivity index (χ4n) is 2.55. The van der Waals surface area contributed by atoms with Gasteiger partial charge in [0.1, 0.15) is 17.9 Å². The first kappa shape index (κ1) is 16.7. The van der Waals surface area contributed by atoms with E-state index in [4.69, 9.17) is 17.3 Å². The molecule has 0 aliphatic rings. The summed E-state index contributed by atoms with van der Waals surface area (Å²) in [4.78, 5) is 29.2. The normalized spacial score (nSPS) is 10.6. The predicted molar refractivity (Wildman–Crippen MR) is 96.4 cm³/mol. The van der Waals surface area contributed by atoms with Crippen LogP contribution >= 0.6 is 11.6 Å². The first-order valence-corrected chi connectivity index (χ1v) is 7.78. The van der Waals surface area contributed by atoms with E-state index in [1.807, 2.05) is 6.07 Å². The third-order valence-corrected chi connectivity index (χ3v) is 3.86. The molecule has 0 spiro atoms. The van der Waals surface area contributed by atoms with Gasteiger partial charge in [0.25, 0.3) is 0 Å². The monoisotopic (exact) mass is 355 g/mol. The molecule has 0 saturated carbocycles. The number of carboxylic acid groups (broad SMARTS) is 1. The molecule has 3 aromatic rings. The summed E-state index contributed by atoms with van der Waals surface area (Å²) in [6.07, 6.45) is 0. The van der Waals surface area contributed by atoms with Gasteiger partial charge in [0.05, 0.1) is 5.52 Å². The highest BCUT2D eigenvalue weighted by Crippen LogP contribution is 2.30. The van der Waals surface area contributed by atoms with Gasteiger partial charge in [-0.25, -0.2) is 9.78 Å². The molecular weight excluding hydrogens is 342 g/mol. The summed E-state index contributed by atoms with van der Waals surface area (Å²) in [7, 11) is 0. The van der Waals surface area contributed by atoms with Crippen LogP contribution in [0.1, 0.15) is 10.4 Å². The summed E-state index contributed by atoms with van der Waals surface area (Å²) in [5, 5.41) is 10.7. The van der Waals surface area contributed by atoms with Gasteiger partial charge in [0.2, 0.25) is 5.91 Å². The van der Waals surface area contributed by atoms with E-state index in [2.05, 4.69) is 4.98 Å². The zero-order valence-corrected chi connectivity index (χ0v) is 13.8. The summed E-state index contributed by atoms with van der Waals surface area (Å²) in [6.45, 7) is -0.198. The number of nitrogens with two attached hydrogens (primary N) is 1. The number of hydrogen-bond acceptors (Lipinski definition) is 4. The largest absolute Gasteiger partial charge is 0.478 e. The third kappa shape index (κ3) is 3.54. The number of amides is 1. The lowest BCUT2D eigenvalue weighted by Crippen LogP contribution is -2.32.